The highest BCUT2D eigenvalue weighted by Gasteiger charge is 2.55. The molecule has 1 aliphatic carbocycles. The number of urea groups is 1. The van der Waals surface area contributed by atoms with E-state index in [1.807, 2.05) is 36.4 Å². The van der Waals surface area contributed by atoms with E-state index in [4.69, 9.17) is 11.6 Å². The molecule has 1 atom stereocenters. The number of hydrogen-bond acceptors (Lipinski definition) is 2. The molecule has 2 aromatic rings. The summed E-state index contributed by atoms with van der Waals surface area (Å²) in [5.41, 5.74) is 2.05. The lowest BCUT2D eigenvalue weighted by Crippen LogP contribution is -2.41. The molecular weight excluding hydrogens is 312 g/mol. The van der Waals surface area contributed by atoms with Crippen LogP contribution in [0.2, 0.25) is 5.02 Å². The molecule has 4 rings (SSSR count). The molecule has 23 heavy (non-hydrogen) atoms. The minimum absolute atomic E-state index is 0.164. The third-order valence-corrected chi connectivity index (χ3v) is 4.93. The largest absolute Gasteiger partial charge is 0.325 e. The molecule has 1 spiro atoms. The molecule has 0 aromatic heterocycles. The van der Waals surface area contributed by atoms with E-state index >= 15 is 0 Å². The lowest BCUT2D eigenvalue weighted by atomic mass is 9.92. The first-order chi connectivity index (χ1) is 11.1. The predicted octanol–water partition coefficient (Wildman–Crippen LogP) is 3.23. The Bertz CT molecular complexity index is 803. The number of amides is 3. The highest BCUT2D eigenvalue weighted by Crippen LogP contribution is 2.41. The van der Waals surface area contributed by atoms with E-state index in [-0.39, 0.29) is 18.5 Å². The van der Waals surface area contributed by atoms with Crippen molar-refractivity contribution in [3.8, 4) is 0 Å². The average molecular weight is 327 g/mol. The predicted molar refractivity (Wildman–Crippen MR) is 87.0 cm³/mol. The summed E-state index contributed by atoms with van der Waals surface area (Å²) in [5, 5.41) is 3.56. The van der Waals surface area contributed by atoms with Gasteiger partial charge in [-0.15, -0.1) is 0 Å². The fourth-order valence-corrected chi connectivity index (χ4v) is 3.63. The van der Waals surface area contributed by atoms with Crippen LogP contribution in [-0.4, -0.2) is 16.8 Å². The highest BCUT2D eigenvalue weighted by atomic mass is 35.5. The Labute approximate surface area is 139 Å². The van der Waals surface area contributed by atoms with Crippen LogP contribution in [-0.2, 0) is 23.3 Å². The summed E-state index contributed by atoms with van der Waals surface area (Å²) in [4.78, 5) is 26.7. The van der Waals surface area contributed by atoms with E-state index in [9.17, 15) is 9.59 Å². The first-order valence-electron chi connectivity index (χ1n) is 7.57. The maximum Gasteiger partial charge on any atom is 0.325 e. The van der Waals surface area contributed by atoms with Gasteiger partial charge in [0.1, 0.15) is 5.54 Å². The minimum atomic E-state index is -0.889. The Morgan fingerprint density at radius 1 is 1.09 bits per heavy atom. The van der Waals surface area contributed by atoms with Gasteiger partial charge in [0.2, 0.25) is 0 Å². The van der Waals surface area contributed by atoms with Gasteiger partial charge in [0.05, 0.1) is 6.54 Å². The topological polar surface area (TPSA) is 49.4 Å². The van der Waals surface area contributed by atoms with Crippen molar-refractivity contribution >= 4 is 23.5 Å². The molecular formula is C18H15ClN2O2. The summed E-state index contributed by atoms with van der Waals surface area (Å²) in [6, 6.07) is 14.7. The van der Waals surface area contributed by atoms with Gasteiger partial charge in [-0.05, 0) is 41.7 Å². The van der Waals surface area contributed by atoms with Gasteiger partial charge in [-0.3, -0.25) is 9.69 Å². The lowest BCUT2D eigenvalue weighted by molar-refractivity contribution is -0.132. The lowest BCUT2D eigenvalue weighted by Gasteiger charge is -2.22. The number of benzene rings is 2. The number of carbonyl (C=O) groups excluding carboxylic acids is 2. The second-order valence-corrected chi connectivity index (χ2v) is 6.45. The summed E-state index contributed by atoms with van der Waals surface area (Å²) in [6.07, 6.45) is 1.42. The fraction of sp³-hybridized carbons (Fsp3) is 0.222. The monoisotopic (exact) mass is 326 g/mol. The SMILES string of the molecule is O=C1N[C@@]2(CCc3ccccc32)C(=O)N1Cc1ccc(Cl)cc1. The highest BCUT2D eigenvalue weighted by molar-refractivity contribution is 6.30. The number of carbonyl (C=O) groups is 2. The standard InChI is InChI=1S/C18H15ClN2O2/c19-14-7-5-12(6-8-14)11-21-16(22)18(20-17(21)23)10-9-13-3-1-2-4-15(13)18/h1-8H,9-11H2,(H,20,23)/t18-/m1/s1. The van der Waals surface area contributed by atoms with E-state index in [1.54, 1.807) is 12.1 Å². The Morgan fingerprint density at radius 3 is 2.61 bits per heavy atom. The number of nitrogens with one attached hydrogen (secondary N) is 1. The maximum absolute atomic E-state index is 13.0. The minimum Gasteiger partial charge on any atom is -0.319 e. The van der Waals surface area contributed by atoms with Gasteiger partial charge in [-0.2, -0.15) is 0 Å². The maximum atomic E-state index is 13.0. The van der Waals surface area contributed by atoms with Crippen LogP contribution >= 0.6 is 11.6 Å². The van der Waals surface area contributed by atoms with E-state index in [1.165, 1.54) is 4.90 Å². The van der Waals surface area contributed by atoms with Crippen LogP contribution in [0.3, 0.4) is 0 Å². The van der Waals surface area contributed by atoms with E-state index in [2.05, 4.69) is 5.32 Å². The number of nitrogens with zero attached hydrogens (tertiary/aromatic N) is 1. The fourth-order valence-electron chi connectivity index (χ4n) is 3.51. The van der Waals surface area contributed by atoms with Crippen LogP contribution in [0.1, 0.15) is 23.1 Å². The summed E-state index contributed by atoms with van der Waals surface area (Å²) in [5.74, 6) is -0.164. The van der Waals surface area contributed by atoms with E-state index in [0.29, 0.717) is 11.4 Å². The van der Waals surface area contributed by atoms with Crippen molar-refractivity contribution in [3.63, 3.8) is 0 Å². The third kappa shape index (κ3) is 2.13. The van der Waals surface area contributed by atoms with Crippen molar-refractivity contribution in [2.45, 2.75) is 24.9 Å². The molecule has 116 valence electrons. The molecule has 1 aliphatic heterocycles. The summed E-state index contributed by atoms with van der Waals surface area (Å²) < 4.78 is 0. The van der Waals surface area contributed by atoms with Crippen molar-refractivity contribution in [3.05, 3.63) is 70.2 Å². The molecule has 0 unspecified atom stereocenters. The van der Waals surface area contributed by atoms with Gasteiger partial charge < -0.3 is 5.32 Å². The molecule has 0 bridgehead atoms. The summed E-state index contributed by atoms with van der Waals surface area (Å²) in [7, 11) is 0. The molecule has 1 N–H and O–H groups in total. The third-order valence-electron chi connectivity index (χ3n) is 4.68. The average Bonchev–Trinajstić information content (AvgIpc) is 3.04. The quantitative estimate of drug-likeness (QED) is 0.861. The van der Waals surface area contributed by atoms with Gasteiger partial charge in [-0.1, -0.05) is 48.0 Å². The molecule has 0 saturated carbocycles. The van der Waals surface area contributed by atoms with Crippen LogP contribution < -0.4 is 5.32 Å². The van der Waals surface area contributed by atoms with Crippen LogP contribution in [0.5, 0.6) is 0 Å². The zero-order valence-corrected chi connectivity index (χ0v) is 13.1. The normalized spacial score (nSPS) is 22.6. The van der Waals surface area contributed by atoms with Gasteiger partial charge in [0.25, 0.3) is 5.91 Å². The molecule has 0 radical (unpaired) electrons. The van der Waals surface area contributed by atoms with Crippen molar-refractivity contribution in [2.75, 3.05) is 0 Å². The molecule has 2 aromatic carbocycles. The van der Waals surface area contributed by atoms with Crippen LogP contribution in [0.15, 0.2) is 48.5 Å². The summed E-state index contributed by atoms with van der Waals surface area (Å²) in [6.45, 7) is 0.256. The Hall–Kier alpha value is -2.33. The zero-order valence-electron chi connectivity index (χ0n) is 12.4. The number of halogens is 1. The molecule has 3 amide bonds. The summed E-state index contributed by atoms with van der Waals surface area (Å²) >= 11 is 5.88. The number of aryl methyl sites for hydroxylation is 1. The Morgan fingerprint density at radius 2 is 1.83 bits per heavy atom. The molecule has 5 heteroatoms. The van der Waals surface area contributed by atoms with E-state index < -0.39 is 5.54 Å². The molecule has 2 aliphatic rings. The van der Waals surface area contributed by atoms with Crippen molar-refractivity contribution in [1.82, 2.24) is 10.2 Å². The van der Waals surface area contributed by atoms with Crippen molar-refractivity contribution < 1.29 is 9.59 Å². The molecule has 1 heterocycles. The van der Waals surface area contributed by atoms with Crippen molar-refractivity contribution in [2.24, 2.45) is 0 Å². The first kappa shape index (κ1) is 14.3. The number of fused-ring (bicyclic) bond motifs is 2. The van der Waals surface area contributed by atoms with Crippen LogP contribution in [0.25, 0.3) is 0 Å². The molecule has 4 nitrogen and oxygen atoms in total. The van der Waals surface area contributed by atoms with Gasteiger partial charge >= 0.3 is 6.03 Å². The second-order valence-electron chi connectivity index (χ2n) is 6.01. The Kier molecular flexibility index (Phi) is 3.16. The van der Waals surface area contributed by atoms with Crippen molar-refractivity contribution in [1.29, 1.82) is 0 Å². The van der Waals surface area contributed by atoms with Gasteiger partial charge in [0, 0.05) is 5.02 Å². The Balaban J connectivity index is 1.66. The number of hydrogen-bond donors (Lipinski definition) is 1. The van der Waals surface area contributed by atoms with Gasteiger partial charge in [0.15, 0.2) is 0 Å². The number of imide groups is 1. The van der Waals surface area contributed by atoms with Gasteiger partial charge in [-0.25, -0.2) is 4.79 Å². The molecule has 1 saturated heterocycles. The smallest absolute Gasteiger partial charge is 0.319 e. The zero-order chi connectivity index (χ0) is 16.0. The number of rotatable bonds is 2. The first-order valence-corrected chi connectivity index (χ1v) is 7.95. The van der Waals surface area contributed by atoms with E-state index in [0.717, 1.165) is 23.1 Å². The van der Waals surface area contributed by atoms with Crippen LogP contribution in [0, 0.1) is 0 Å². The second kappa shape index (κ2) is 5.10. The molecule has 1 fully saturated rings. The van der Waals surface area contributed by atoms with Crippen LogP contribution in [0.4, 0.5) is 4.79 Å².